The molecule has 0 radical (unpaired) electrons. The van der Waals surface area contributed by atoms with Crippen molar-refractivity contribution < 1.29 is 19.4 Å². The second-order valence-electron chi connectivity index (χ2n) is 8.49. The Morgan fingerprint density at radius 2 is 1.03 bits per heavy atom. The maximum Gasteiger partial charge on any atom is 0.335 e. The van der Waals surface area contributed by atoms with Crippen molar-refractivity contribution in [2.24, 2.45) is 0 Å². The summed E-state index contributed by atoms with van der Waals surface area (Å²) in [6.45, 7) is 8.86. The van der Waals surface area contributed by atoms with Gasteiger partial charge in [-0.2, -0.15) is 0 Å². The Balaban J connectivity index is 2.01. The molecule has 0 unspecified atom stereocenters. The lowest BCUT2D eigenvalue weighted by Crippen LogP contribution is -2.01. The molecule has 4 nitrogen and oxygen atoms in total. The van der Waals surface area contributed by atoms with Crippen LogP contribution in [0, 0.1) is 27.7 Å². The van der Waals surface area contributed by atoms with E-state index in [1.807, 2.05) is 24.3 Å². The van der Waals surface area contributed by atoms with Crippen LogP contribution in [0.2, 0.25) is 0 Å². The molecule has 1 N–H and O–H groups in total. The van der Waals surface area contributed by atoms with Crippen LogP contribution in [0.25, 0.3) is 33.4 Å². The Hall–Kier alpha value is -4.18. The highest BCUT2D eigenvalue weighted by atomic mass is 16.5. The summed E-state index contributed by atoms with van der Waals surface area (Å²) in [5, 5.41) is 9.33. The van der Waals surface area contributed by atoms with E-state index in [0.717, 1.165) is 50.1 Å². The summed E-state index contributed by atoms with van der Waals surface area (Å²) in [4.78, 5) is 22.1. The van der Waals surface area contributed by atoms with Crippen LogP contribution >= 0.6 is 0 Å². The Kier molecular flexibility index (Phi) is 6.33. The van der Waals surface area contributed by atoms with Crippen LogP contribution in [0.15, 0.2) is 72.8 Å². The van der Waals surface area contributed by atoms with Gasteiger partial charge in [0.1, 0.15) is 5.75 Å². The van der Waals surface area contributed by atoms with Gasteiger partial charge in [0.15, 0.2) is 0 Å². The Bertz CT molecular complexity index is 1360. The molecule has 4 aromatic rings. The number of benzene rings is 4. The quantitative estimate of drug-likeness (QED) is 0.317. The van der Waals surface area contributed by atoms with Crippen LogP contribution in [0.5, 0.6) is 5.75 Å². The first-order valence-corrected chi connectivity index (χ1v) is 11.1. The Labute approximate surface area is 199 Å². The Morgan fingerprint density at radius 1 is 0.647 bits per heavy atom. The maximum absolute atomic E-state index is 11.4. The maximum atomic E-state index is 11.4. The molecule has 0 saturated heterocycles. The van der Waals surface area contributed by atoms with Crippen molar-refractivity contribution in [1.82, 2.24) is 0 Å². The van der Waals surface area contributed by atoms with Crippen LogP contribution in [-0.4, -0.2) is 17.5 Å². The van der Waals surface area contributed by atoms with Gasteiger partial charge in [-0.15, -0.1) is 0 Å². The number of aromatic carboxylic acids is 1. The van der Waals surface area contributed by atoms with Gasteiger partial charge in [-0.25, -0.2) is 4.79 Å². The molecule has 4 rings (SSSR count). The standard InChI is InChI=1S/C30H26O4/c1-18-5-7-22(8-6-18)27-19(2)28(23-9-11-25(12-10-23)30(32)33)21(4)29(20(27)3)24-13-15-26(16-14-24)34-17-31/h5-17H,1-4H3,(H,32,33). The molecular weight excluding hydrogens is 424 g/mol. The third-order valence-corrected chi connectivity index (χ3v) is 6.34. The molecule has 0 fully saturated rings. The summed E-state index contributed by atoms with van der Waals surface area (Å²) in [6, 6.07) is 23.0. The van der Waals surface area contributed by atoms with E-state index < -0.39 is 5.97 Å². The van der Waals surface area contributed by atoms with Gasteiger partial charge in [-0.1, -0.05) is 54.1 Å². The first-order valence-electron chi connectivity index (χ1n) is 11.1. The molecule has 4 heteroatoms. The second kappa shape index (κ2) is 9.36. The van der Waals surface area contributed by atoms with E-state index in [0.29, 0.717) is 12.2 Å². The molecule has 0 aliphatic rings. The van der Waals surface area contributed by atoms with E-state index >= 15 is 0 Å². The molecule has 0 aromatic heterocycles. The van der Waals surface area contributed by atoms with Gasteiger partial charge in [-0.05, 0) is 102 Å². The second-order valence-corrected chi connectivity index (χ2v) is 8.49. The van der Waals surface area contributed by atoms with E-state index in [1.54, 1.807) is 24.3 Å². The highest BCUT2D eigenvalue weighted by molar-refractivity contribution is 5.93. The number of carbonyl (C=O) groups is 2. The summed E-state index contributed by atoms with van der Waals surface area (Å²) in [7, 11) is 0. The van der Waals surface area contributed by atoms with E-state index in [2.05, 4.69) is 52.0 Å². The number of hydrogen-bond acceptors (Lipinski definition) is 3. The third-order valence-electron chi connectivity index (χ3n) is 6.34. The summed E-state index contributed by atoms with van der Waals surface area (Å²) >= 11 is 0. The minimum absolute atomic E-state index is 0.260. The molecule has 4 aromatic carbocycles. The smallest absolute Gasteiger partial charge is 0.335 e. The molecular formula is C30H26O4. The van der Waals surface area contributed by atoms with Gasteiger partial charge in [0.05, 0.1) is 5.56 Å². The lowest BCUT2D eigenvalue weighted by molar-refractivity contribution is -0.120. The van der Waals surface area contributed by atoms with Crippen LogP contribution in [0.1, 0.15) is 32.6 Å². The van der Waals surface area contributed by atoms with Crippen LogP contribution in [0.3, 0.4) is 0 Å². The molecule has 0 aliphatic heterocycles. The van der Waals surface area contributed by atoms with Crippen LogP contribution in [-0.2, 0) is 4.79 Å². The topological polar surface area (TPSA) is 63.6 Å². The van der Waals surface area contributed by atoms with E-state index in [-0.39, 0.29) is 5.56 Å². The normalized spacial score (nSPS) is 10.7. The van der Waals surface area contributed by atoms with Crippen LogP contribution in [0.4, 0.5) is 0 Å². The van der Waals surface area contributed by atoms with Crippen molar-refractivity contribution in [3.63, 3.8) is 0 Å². The molecule has 34 heavy (non-hydrogen) atoms. The molecule has 0 saturated carbocycles. The molecule has 0 amide bonds. The van der Waals surface area contributed by atoms with Gasteiger partial charge < -0.3 is 9.84 Å². The molecule has 0 atom stereocenters. The van der Waals surface area contributed by atoms with Crippen molar-refractivity contribution in [3.05, 3.63) is 101 Å². The summed E-state index contributed by atoms with van der Waals surface area (Å²) in [6.07, 6.45) is 0. The van der Waals surface area contributed by atoms with Gasteiger partial charge >= 0.3 is 5.97 Å². The van der Waals surface area contributed by atoms with Crippen molar-refractivity contribution in [2.75, 3.05) is 0 Å². The van der Waals surface area contributed by atoms with E-state index in [4.69, 9.17) is 4.74 Å². The molecule has 170 valence electrons. The highest BCUT2D eigenvalue weighted by Gasteiger charge is 2.21. The monoisotopic (exact) mass is 450 g/mol. The number of carbonyl (C=O) groups excluding carboxylic acids is 1. The molecule has 0 bridgehead atoms. The summed E-state index contributed by atoms with van der Waals surface area (Å²) < 4.78 is 4.98. The van der Waals surface area contributed by atoms with Gasteiger partial charge in [0, 0.05) is 0 Å². The number of carboxylic acids is 1. The lowest BCUT2D eigenvalue weighted by atomic mass is 9.80. The van der Waals surface area contributed by atoms with Crippen molar-refractivity contribution >= 4 is 12.4 Å². The van der Waals surface area contributed by atoms with Gasteiger partial charge in [0.25, 0.3) is 6.47 Å². The fraction of sp³-hybridized carbons (Fsp3) is 0.133. The van der Waals surface area contributed by atoms with E-state index in [9.17, 15) is 14.7 Å². The average molecular weight is 451 g/mol. The number of carboxylic acid groups (broad SMARTS) is 1. The third kappa shape index (κ3) is 4.23. The fourth-order valence-corrected chi connectivity index (χ4v) is 4.77. The molecule has 0 aliphatic carbocycles. The van der Waals surface area contributed by atoms with Gasteiger partial charge in [-0.3, -0.25) is 4.79 Å². The number of hydrogen-bond donors (Lipinski definition) is 1. The summed E-state index contributed by atoms with van der Waals surface area (Å²) in [5.74, 6) is -0.452. The first kappa shape index (κ1) is 23.0. The predicted molar refractivity (Wildman–Crippen MR) is 135 cm³/mol. The molecule has 0 spiro atoms. The van der Waals surface area contributed by atoms with Crippen LogP contribution < -0.4 is 4.74 Å². The van der Waals surface area contributed by atoms with E-state index in [1.165, 1.54) is 5.56 Å². The predicted octanol–water partition coefficient (Wildman–Crippen LogP) is 7.15. The minimum Gasteiger partial charge on any atom is -0.478 e. The molecule has 0 heterocycles. The zero-order valence-corrected chi connectivity index (χ0v) is 19.7. The van der Waals surface area contributed by atoms with Crippen molar-refractivity contribution in [3.8, 4) is 39.1 Å². The highest BCUT2D eigenvalue weighted by Crippen LogP contribution is 2.44. The Morgan fingerprint density at radius 3 is 1.41 bits per heavy atom. The van der Waals surface area contributed by atoms with Gasteiger partial charge in [0.2, 0.25) is 0 Å². The minimum atomic E-state index is -0.942. The number of aryl methyl sites for hydroxylation is 1. The number of rotatable bonds is 6. The zero-order valence-electron chi connectivity index (χ0n) is 19.7. The largest absolute Gasteiger partial charge is 0.478 e. The van der Waals surface area contributed by atoms with Crippen molar-refractivity contribution in [2.45, 2.75) is 27.7 Å². The SMILES string of the molecule is Cc1ccc(-c2c(C)c(-c3ccc(OC=O)cc3)c(C)c(-c3ccc(C(=O)O)cc3)c2C)cc1. The first-order chi connectivity index (χ1) is 16.3. The zero-order chi connectivity index (χ0) is 24.4. The number of ether oxygens (including phenoxy) is 1. The lowest BCUT2D eigenvalue weighted by Gasteiger charge is -2.23. The summed E-state index contributed by atoms with van der Waals surface area (Å²) in [5.41, 5.74) is 11.3. The van der Waals surface area contributed by atoms with Crippen molar-refractivity contribution in [1.29, 1.82) is 0 Å². The fourth-order valence-electron chi connectivity index (χ4n) is 4.77. The average Bonchev–Trinajstić information content (AvgIpc) is 2.82.